The summed E-state index contributed by atoms with van der Waals surface area (Å²) in [4.78, 5) is 0. The van der Waals surface area contributed by atoms with Crippen molar-refractivity contribution in [3.63, 3.8) is 0 Å². The Morgan fingerprint density at radius 2 is 1.87 bits per heavy atom. The van der Waals surface area contributed by atoms with E-state index in [1.165, 1.54) is 12.8 Å². The summed E-state index contributed by atoms with van der Waals surface area (Å²) >= 11 is 0. The van der Waals surface area contributed by atoms with E-state index in [1.54, 1.807) is 7.11 Å². The van der Waals surface area contributed by atoms with Gasteiger partial charge in [0.05, 0.1) is 6.61 Å². The molecule has 0 aromatic heterocycles. The fraction of sp³-hybridized carbons (Fsp3) is 1.00. The Balaban J connectivity index is 3.93. The predicted octanol–water partition coefficient (Wildman–Crippen LogP) is 3.07. The van der Waals surface area contributed by atoms with E-state index in [4.69, 9.17) is 4.74 Å². The maximum atomic E-state index is 5.23. The largest absolute Gasteiger partial charge is 0.383 e. The lowest BCUT2D eigenvalue weighted by atomic mass is 9.83. The van der Waals surface area contributed by atoms with Crippen LogP contribution in [0.15, 0.2) is 0 Å². The van der Waals surface area contributed by atoms with Crippen molar-refractivity contribution in [2.24, 2.45) is 11.3 Å². The molecule has 0 aromatic carbocycles. The van der Waals surface area contributed by atoms with Crippen molar-refractivity contribution in [2.75, 3.05) is 20.3 Å². The molecule has 0 aromatic rings. The van der Waals surface area contributed by atoms with Gasteiger partial charge in [0.1, 0.15) is 0 Å². The summed E-state index contributed by atoms with van der Waals surface area (Å²) in [5.41, 5.74) is 0.434. The molecule has 0 amide bonds. The van der Waals surface area contributed by atoms with Gasteiger partial charge in [0.2, 0.25) is 0 Å². The van der Waals surface area contributed by atoms with Crippen LogP contribution in [-0.2, 0) is 4.74 Å². The Bertz CT molecular complexity index is 145. The van der Waals surface area contributed by atoms with E-state index in [-0.39, 0.29) is 0 Å². The zero-order valence-corrected chi connectivity index (χ0v) is 11.4. The average molecular weight is 215 g/mol. The molecule has 2 nitrogen and oxygen atoms in total. The van der Waals surface area contributed by atoms with Gasteiger partial charge in [0, 0.05) is 13.2 Å². The van der Waals surface area contributed by atoms with Crippen LogP contribution in [0.1, 0.15) is 47.5 Å². The maximum Gasteiger partial charge on any atom is 0.0615 e. The van der Waals surface area contributed by atoms with Crippen molar-refractivity contribution in [1.29, 1.82) is 0 Å². The van der Waals surface area contributed by atoms with E-state index in [0.717, 1.165) is 19.1 Å². The standard InChI is InChI=1S/C13H29NO/c1-7-14-12(10-15-6)8-11(2)9-13(3,4)5/h11-12,14H,7-10H2,1-6H3. The van der Waals surface area contributed by atoms with E-state index >= 15 is 0 Å². The summed E-state index contributed by atoms with van der Waals surface area (Å²) in [5, 5.41) is 3.48. The van der Waals surface area contributed by atoms with E-state index in [0.29, 0.717) is 11.5 Å². The van der Waals surface area contributed by atoms with Crippen molar-refractivity contribution in [2.45, 2.75) is 53.5 Å². The minimum atomic E-state index is 0.434. The van der Waals surface area contributed by atoms with Crippen molar-refractivity contribution in [1.82, 2.24) is 5.32 Å². The van der Waals surface area contributed by atoms with E-state index in [9.17, 15) is 0 Å². The summed E-state index contributed by atoms with van der Waals surface area (Å²) in [7, 11) is 1.78. The lowest BCUT2D eigenvalue weighted by Crippen LogP contribution is -2.35. The number of likely N-dealkylation sites (N-methyl/N-ethyl adjacent to an activating group) is 1. The summed E-state index contributed by atoms with van der Waals surface area (Å²) in [6.45, 7) is 13.3. The summed E-state index contributed by atoms with van der Waals surface area (Å²) < 4.78 is 5.23. The van der Waals surface area contributed by atoms with Gasteiger partial charge in [-0.1, -0.05) is 34.6 Å². The van der Waals surface area contributed by atoms with Crippen molar-refractivity contribution >= 4 is 0 Å². The SMILES string of the molecule is CCNC(COC)CC(C)CC(C)(C)C. The van der Waals surface area contributed by atoms with Gasteiger partial charge in [-0.05, 0) is 30.7 Å². The number of nitrogens with one attached hydrogen (secondary N) is 1. The Labute approximate surface area is 95.8 Å². The molecule has 0 saturated carbocycles. The molecule has 0 rings (SSSR count). The zero-order chi connectivity index (χ0) is 11.9. The van der Waals surface area contributed by atoms with Gasteiger partial charge in [-0.15, -0.1) is 0 Å². The van der Waals surface area contributed by atoms with E-state index in [2.05, 4.69) is 39.9 Å². The zero-order valence-electron chi connectivity index (χ0n) is 11.4. The second-order valence-electron chi connectivity index (χ2n) is 5.82. The second-order valence-corrected chi connectivity index (χ2v) is 5.82. The molecule has 0 aliphatic heterocycles. The first-order chi connectivity index (χ1) is 6.89. The average Bonchev–Trinajstić information content (AvgIpc) is 2.00. The predicted molar refractivity (Wildman–Crippen MR) is 67.2 cm³/mol. The number of methoxy groups -OCH3 is 1. The minimum Gasteiger partial charge on any atom is -0.383 e. The van der Waals surface area contributed by atoms with Crippen molar-refractivity contribution in [3.8, 4) is 0 Å². The molecule has 0 aliphatic carbocycles. The lowest BCUT2D eigenvalue weighted by molar-refractivity contribution is 0.150. The highest BCUT2D eigenvalue weighted by atomic mass is 16.5. The summed E-state index contributed by atoms with van der Waals surface area (Å²) in [6, 6.07) is 0.511. The highest BCUT2D eigenvalue weighted by Crippen LogP contribution is 2.26. The van der Waals surface area contributed by atoms with Crippen LogP contribution >= 0.6 is 0 Å². The molecule has 2 atom stereocenters. The molecule has 0 aliphatic rings. The Kier molecular flexibility index (Phi) is 7.20. The van der Waals surface area contributed by atoms with E-state index in [1.807, 2.05) is 0 Å². The molecule has 0 bridgehead atoms. The normalized spacial score (nSPS) is 16.4. The summed E-state index contributed by atoms with van der Waals surface area (Å²) in [6.07, 6.45) is 2.48. The lowest BCUT2D eigenvalue weighted by Gasteiger charge is -2.26. The second kappa shape index (κ2) is 7.24. The molecule has 2 unspecified atom stereocenters. The monoisotopic (exact) mass is 215 g/mol. The summed E-state index contributed by atoms with van der Waals surface area (Å²) in [5.74, 6) is 0.754. The first kappa shape index (κ1) is 14.9. The van der Waals surface area contributed by atoms with Crippen LogP contribution in [0.4, 0.5) is 0 Å². The molecule has 0 fully saturated rings. The minimum absolute atomic E-state index is 0.434. The molecule has 15 heavy (non-hydrogen) atoms. The third kappa shape index (κ3) is 8.88. The van der Waals surface area contributed by atoms with Gasteiger partial charge in [0.25, 0.3) is 0 Å². The maximum absolute atomic E-state index is 5.23. The van der Waals surface area contributed by atoms with Gasteiger partial charge in [-0.25, -0.2) is 0 Å². The molecular formula is C13H29NO. The van der Waals surface area contributed by atoms with Gasteiger partial charge >= 0.3 is 0 Å². The van der Waals surface area contributed by atoms with Gasteiger partial charge in [-0.2, -0.15) is 0 Å². The third-order valence-corrected chi connectivity index (χ3v) is 2.51. The van der Waals surface area contributed by atoms with Crippen molar-refractivity contribution < 1.29 is 4.74 Å². The first-order valence-electron chi connectivity index (χ1n) is 6.11. The molecule has 0 heterocycles. The fourth-order valence-electron chi connectivity index (χ4n) is 2.31. The molecule has 0 spiro atoms. The molecule has 2 heteroatoms. The third-order valence-electron chi connectivity index (χ3n) is 2.51. The molecule has 0 saturated heterocycles. The Morgan fingerprint density at radius 1 is 1.27 bits per heavy atom. The van der Waals surface area contributed by atoms with Gasteiger partial charge in [0.15, 0.2) is 0 Å². The number of hydrogen-bond donors (Lipinski definition) is 1. The fourth-order valence-corrected chi connectivity index (χ4v) is 2.31. The van der Waals surface area contributed by atoms with Crippen LogP contribution in [0, 0.1) is 11.3 Å². The smallest absolute Gasteiger partial charge is 0.0615 e. The van der Waals surface area contributed by atoms with Crippen molar-refractivity contribution in [3.05, 3.63) is 0 Å². The Morgan fingerprint density at radius 3 is 2.27 bits per heavy atom. The topological polar surface area (TPSA) is 21.3 Å². The van der Waals surface area contributed by atoms with Gasteiger partial charge in [-0.3, -0.25) is 0 Å². The van der Waals surface area contributed by atoms with Gasteiger partial charge < -0.3 is 10.1 Å². The number of hydrogen-bond acceptors (Lipinski definition) is 2. The van der Waals surface area contributed by atoms with Crippen LogP contribution in [0.25, 0.3) is 0 Å². The molecule has 0 radical (unpaired) electrons. The number of ether oxygens (including phenoxy) is 1. The molecular weight excluding hydrogens is 186 g/mol. The van der Waals surface area contributed by atoms with Crippen LogP contribution < -0.4 is 5.32 Å². The number of rotatable bonds is 7. The van der Waals surface area contributed by atoms with Crippen LogP contribution in [0.5, 0.6) is 0 Å². The van der Waals surface area contributed by atoms with Crippen LogP contribution in [0.3, 0.4) is 0 Å². The quantitative estimate of drug-likeness (QED) is 0.704. The Hall–Kier alpha value is -0.0800. The highest BCUT2D eigenvalue weighted by molar-refractivity contribution is 4.73. The first-order valence-corrected chi connectivity index (χ1v) is 6.11. The highest BCUT2D eigenvalue weighted by Gasteiger charge is 2.18. The molecule has 1 N–H and O–H groups in total. The van der Waals surface area contributed by atoms with E-state index < -0.39 is 0 Å². The van der Waals surface area contributed by atoms with Crippen LogP contribution in [0.2, 0.25) is 0 Å². The van der Waals surface area contributed by atoms with Crippen LogP contribution in [-0.4, -0.2) is 26.3 Å². The molecule has 92 valence electrons.